The number of hydrogen-bond acceptors (Lipinski definition) is 6. The lowest BCUT2D eigenvalue weighted by atomic mass is 9.95. The second-order valence-corrected chi connectivity index (χ2v) is 7.46. The van der Waals surface area contributed by atoms with Crippen LogP contribution >= 0.6 is 11.6 Å². The van der Waals surface area contributed by atoms with E-state index < -0.39 is 6.04 Å². The van der Waals surface area contributed by atoms with Gasteiger partial charge >= 0.3 is 6.01 Å². The lowest BCUT2D eigenvalue weighted by Crippen LogP contribution is -2.44. The van der Waals surface area contributed by atoms with E-state index in [9.17, 15) is 4.79 Å². The molecule has 0 bridgehead atoms. The molecule has 7 nitrogen and oxygen atoms in total. The monoisotopic (exact) mass is 403 g/mol. The molecule has 8 heteroatoms. The molecule has 1 fully saturated rings. The van der Waals surface area contributed by atoms with Crippen LogP contribution in [0.15, 0.2) is 36.5 Å². The highest BCUT2D eigenvalue weighted by molar-refractivity contribution is 6.31. The zero-order valence-electron chi connectivity index (χ0n) is 16.2. The first-order chi connectivity index (χ1) is 13.5. The lowest BCUT2D eigenvalue weighted by Gasteiger charge is -2.35. The normalized spacial score (nSPS) is 15.9. The first-order valence-electron chi connectivity index (χ1n) is 9.36. The zero-order valence-corrected chi connectivity index (χ0v) is 17.0. The van der Waals surface area contributed by atoms with Gasteiger partial charge in [0.2, 0.25) is 5.91 Å². The molecule has 2 heterocycles. The van der Waals surface area contributed by atoms with Crippen LogP contribution < -0.4 is 15.4 Å². The minimum absolute atomic E-state index is 0.0690. The number of amides is 1. The number of nitrogens with zero attached hydrogens (tertiary/aromatic N) is 4. The number of anilines is 1. The van der Waals surface area contributed by atoms with Crippen molar-refractivity contribution in [2.24, 2.45) is 11.7 Å². The van der Waals surface area contributed by atoms with E-state index in [2.05, 4.69) is 14.9 Å². The van der Waals surface area contributed by atoms with Gasteiger partial charge in [-0.3, -0.25) is 4.79 Å². The number of carbonyl (C=O) groups is 1. The molecule has 1 aromatic carbocycles. The van der Waals surface area contributed by atoms with Gasteiger partial charge in [0.1, 0.15) is 11.9 Å². The molecule has 150 valence electrons. The van der Waals surface area contributed by atoms with E-state index >= 15 is 0 Å². The Labute approximate surface area is 170 Å². The smallest absolute Gasteiger partial charge is 0.318 e. The minimum Gasteiger partial charge on any atom is -0.467 e. The van der Waals surface area contributed by atoms with Gasteiger partial charge in [0.05, 0.1) is 7.11 Å². The molecule has 3 rings (SSSR count). The Bertz CT molecular complexity index is 811. The Kier molecular flexibility index (Phi) is 6.70. The molecule has 2 N–H and O–H groups in total. The molecule has 0 aliphatic carbocycles. The van der Waals surface area contributed by atoms with Crippen molar-refractivity contribution in [2.45, 2.75) is 18.9 Å². The predicted octanol–water partition coefficient (Wildman–Crippen LogP) is 2.51. The third-order valence-electron chi connectivity index (χ3n) is 5.16. The maximum atomic E-state index is 12.8. The number of benzene rings is 1. The molecule has 1 saturated heterocycles. The Hall–Kier alpha value is -2.38. The van der Waals surface area contributed by atoms with E-state index in [0.29, 0.717) is 35.6 Å². The number of nitrogens with two attached hydrogens (primary N) is 1. The van der Waals surface area contributed by atoms with Crippen LogP contribution in [0.1, 0.15) is 24.4 Å². The van der Waals surface area contributed by atoms with Crippen LogP contribution in [-0.2, 0) is 4.79 Å². The predicted molar refractivity (Wildman–Crippen MR) is 110 cm³/mol. The molecular formula is C20H26ClN5O2. The fraction of sp³-hybridized carbons (Fsp3) is 0.450. The summed E-state index contributed by atoms with van der Waals surface area (Å²) in [6.07, 6.45) is 3.54. The summed E-state index contributed by atoms with van der Waals surface area (Å²) in [5, 5.41) is 0.528. The average molecular weight is 404 g/mol. The van der Waals surface area contributed by atoms with E-state index in [-0.39, 0.29) is 5.91 Å². The number of aromatic nitrogens is 2. The number of carbonyl (C=O) groups excluding carboxylic acids is 1. The lowest BCUT2D eigenvalue weighted by molar-refractivity contribution is -0.134. The summed E-state index contributed by atoms with van der Waals surface area (Å²) in [5.74, 6) is 1.23. The summed E-state index contributed by atoms with van der Waals surface area (Å²) in [4.78, 5) is 25.1. The molecule has 2 aromatic rings. The Morgan fingerprint density at radius 3 is 2.75 bits per heavy atom. The molecule has 0 radical (unpaired) electrons. The molecule has 28 heavy (non-hydrogen) atoms. The summed E-state index contributed by atoms with van der Waals surface area (Å²) < 4.78 is 5.09. The Morgan fingerprint density at radius 2 is 2.07 bits per heavy atom. The van der Waals surface area contributed by atoms with Crippen LogP contribution in [0.25, 0.3) is 0 Å². The van der Waals surface area contributed by atoms with E-state index in [4.69, 9.17) is 22.1 Å². The Balaban J connectivity index is 1.54. The van der Waals surface area contributed by atoms with Gasteiger partial charge in [-0.15, -0.1) is 0 Å². The van der Waals surface area contributed by atoms with Gasteiger partial charge in [-0.1, -0.05) is 29.8 Å². The summed E-state index contributed by atoms with van der Waals surface area (Å²) in [6.45, 7) is 2.25. The number of likely N-dealkylation sites (tertiary alicyclic amines) is 1. The molecule has 1 aromatic heterocycles. The zero-order chi connectivity index (χ0) is 20.1. The molecule has 1 atom stereocenters. The van der Waals surface area contributed by atoms with Gasteiger partial charge in [-0.25, -0.2) is 4.98 Å². The van der Waals surface area contributed by atoms with Gasteiger partial charge in [0.25, 0.3) is 0 Å². The number of rotatable bonds is 6. The fourth-order valence-electron chi connectivity index (χ4n) is 3.52. The molecule has 1 amide bonds. The summed E-state index contributed by atoms with van der Waals surface area (Å²) in [7, 11) is 3.56. The first-order valence-corrected chi connectivity index (χ1v) is 9.74. The van der Waals surface area contributed by atoms with Crippen LogP contribution in [0.2, 0.25) is 5.02 Å². The molecule has 1 unspecified atom stereocenters. The minimum atomic E-state index is -0.721. The van der Waals surface area contributed by atoms with Crippen molar-refractivity contribution in [1.29, 1.82) is 0 Å². The summed E-state index contributed by atoms with van der Waals surface area (Å²) >= 11 is 6.19. The third kappa shape index (κ3) is 4.72. The number of ether oxygens (including phenoxy) is 1. The van der Waals surface area contributed by atoms with Gasteiger partial charge < -0.3 is 20.3 Å². The van der Waals surface area contributed by atoms with Gasteiger partial charge in [0, 0.05) is 37.9 Å². The molecule has 0 spiro atoms. The number of halogens is 1. The van der Waals surface area contributed by atoms with Crippen LogP contribution in [0.5, 0.6) is 6.01 Å². The first kappa shape index (κ1) is 20.4. The molecule has 0 saturated carbocycles. The summed E-state index contributed by atoms with van der Waals surface area (Å²) in [5.41, 5.74) is 6.85. The van der Waals surface area contributed by atoms with Crippen molar-refractivity contribution in [3.63, 3.8) is 0 Å². The molecular weight excluding hydrogens is 378 g/mol. The van der Waals surface area contributed by atoms with E-state index in [1.807, 2.05) is 36.2 Å². The third-order valence-corrected chi connectivity index (χ3v) is 5.50. The largest absolute Gasteiger partial charge is 0.467 e. The van der Waals surface area contributed by atoms with Gasteiger partial charge in [-0.2, -0.15) is 4.98 Å². The highest BCUT2D eigenvalue weighted by Gasteiger charge is 2.28. The summed E-state index contributed by atoms with van der Waals surface area (Å²) in [6, 6.07) is 8.75. The maximum Gasteiger partial charge on any atom is 0.318 e. The van der Waals surface area contributed by atoms with E-state index in [1.54, 1.807) is 19.4 Å². The molecule has 1 aliphatic rings. The van der Waals surface area contributed by atoms with Crippen molar-refractivity contribution >= 4 is 23.3 Å². The van der Waals surface area contributed by atoms with Crippen molar-refractivity contribution in [3.8, 4) is 6.01 Å². The van der Waals surface area contributed by atoms with Gasteiger partial charge in [-0.05, 0) is 36.5 Å². The second kappa shape index (κ2) is 9.21. The van der Waals surface area contributed by atoms with Crippen LogP contribution in [0.3, 0.4) is 0 Å². The van der Waals surface area contributed by atoms with Crippen molar-refractivity contribution in [2.75, 3.05) is 38.7 Å². The van der Waals surface area contributed by atoms with Crippen LogP contribution in [-0.4, -0.2) is 54.6 Å². The second-order valence-electron chi connectivity index (χ2n) is 7.05. The quantitative estimate of drug-likeness (QED) is 0.797. The number of methoxy groups -OCH3 is 1. The SMILES string of the molecule is COc1nccc(N(C)CC2CCN(C(=O)C(N)c3ccccc3Cl)CC2)n1. The van der Waals surface area contributed by atoms with Gasteiger partial charge in [0.15, 0.2) is 0 Å². The van der Waals surface area contributed by atoms with Crippen molar-refractivity contribution < 1.29 is 9.53 Å². The number of hydrogen-bond donors (Lipinski definition) is 1. The standard InChI is InChI=1S/C20H26ClN5O2/c1-25(17-7-10-23-20(24-17)28-2)13-14-8-11-26(12-9-14)19(27)18(22)15-5-3-4-6-16(15)21/h3-7,10,14,18H,8-9,11-13,22H2,1-2H3. The van der Waals surface area contributed by atoms with Crippen LogP contribution in [0, 0.1) is 5.92 Å². The Morgan fingerprint density at radius 1 is 1.36 bits per heavy atom. The maximum absolute atomic E-state index is 12.8. The van der Waals surface area contributed by atoms with Crippen molar-refractivity contribution in [1.82, 2.24) is 14.9 Å². The number of piperidine rings is 1. The van der Waals surface area contributed by atoms with E-state index in [0.717, 1.165) is 25.2 Å². The fourth-order valence-corrected chi connectivity index (χ4v) is 3.77. The molecule has 1 aliphatic heterocycles. The highest BCUT2D eigenvalue weighted by Crippen LogP contribution is 2.26. The van der Waals surface area contributed by atoms with Crippen molar-refractivity contribution in [3.05, 3.63) is 47.1 Å². The highest BCUT2D eigenvalue weighted by atomic mass is 35.5. The topological polar surface area (TPSA) is 84.6 Å². The van der Waals surface area contributed by atoms with E-state index in [1.165, 1.54) is 0 Å². The van der Waals surface area contributed by atoms with Crippen LogP contribution in [0.4, 0.5) is 5.82 Å². The average Bonchev–Trinajstić information content (AvgIpc) is 2.73.